The highest BCUT2D eigenvalue weighted by atomic mass is 16.5. The highest BCUT2D eigenvalue weighted by Crippen LogP contribution is 2.28. The summed E-state index contributed by atoms with van der Waals surface area (Å²) in [6.07, 6.45) is 15.0. The van der Waals surface area contributed by atoms with Crippen LogP contribution in [0.25, 0.3) is 0 Å². The first kappa shape index (κ1) is 13.9. The molecule has 2 nitrogen and oxygen atoms in total. The Hall–Kier alpha value is -0.530. The maximum absolute atomic E-state index is 11.7. The molecule has 2 aliphatic rings. The third-order valence-corrected chi connectivity index (χ3v) is 4.69. The minimum Gasteiger partial charge on any atom is -0.466 e. The van der Waals surface area contributed by atoms with Crippen LogP contribution in [0.5, 0.6) is 0 Å². The Kier molecular flexibility index (Phi) is 6.02. The average molecular weight is 252 g/mol. The van der Waals surface area contributed by atoms with Gasteiger partial charge in [-0.25, -0.2) is 0 Å². The van der Waals surface area contributed by atoms with Crippen molar-refractivity contribution in [2.24, 2.45) is 11.8 Å². The predicted molar refractivity (Wildman–Crippen MR) is 73.3 cm³/mol. The predicted octanol–water partition coefficient (Wildman–Crippen LogP) is 4.47. The molecule has 0 aliphatic heterocycles. The van der Waals surface area contributed by atoms with E-state index in [9.17, 15) is 4.79 Å². The summed E-state index contributed by atoms with van der Waals surface area (Å²) in [6.45, 7) is 0.663. The van der Waals surface area contributed by atoms with Gasteiger partial charge in [0.15, 0.2) is 0 Å². The van der Waals surface area contributed by atoms with E-state index < -0.39 is 0 Å². The van der Waals surface area contributed by atoms with Crippen molar-refractivity contribution in [3.05, 3.63) is 0 Å². The maximum Gasteiger partial charge on any atom is 0.306 e. The Labute approximate surface area is 111 Å². The first-order valence-corrected chi connectivity index (χ1v) is 8.00. The van der Waals surface area contributed by atoms with Gasteiger partial charge in [-0.3, -0.25) is 4.79 Å². The Morgan fingerprint density at radius 3 is 2.00 bits per heavy atom. The van der Waals surface area contributed by atoms with E-state index in [0.717, 1.165) is 12.3 Å². The van der Waals surface area contributed by atoms with Crippen LogP contribution in [0.2, 0.25) is 0 Å². The van der Waals surface area contributed by atoms with Gasteiger partial charge in [0.2, 0.25) is 0 Å². The van der Waals surface area contributed by atoms with E-state index in [-0.39, 0.29) is 5.97 Å². The van der Waals surface area contributed by atoms with Gasteiger partial charge in [0.1, 0.15) is 0 Å². The summed E-state index contributed by atoms with van der Waals surface area (Å²) < 4.78 is 5.41. The topological polar surface area (TPSA) is 26.3 Å². The Balaban J connectivity index is 1.53. The van der Waals surface area contributed by atoms with E-state index in [2.05, 4.69) is 0 Å². The van der Waals surface area contributed by atoms with Gasteiger partial charge in [0.05, 0.1) is 6.61 Å². The van der Waals surface area contributed by atoms with Crippen LogP contribution in [0, 0.1) is 11.8 Å². The van der Waals surface area contributed by atoms with Crippen molar-refractivity contribution in [2.45, 2.75) is 77.0 Å². The molecular formula is C16H28O2. The van der Waals surface area contributed by atoms with Crippen LogP contribution in [0.1, 0.15) is 77.0 Å². The SMILES string of the molecule is O=C(CC1CCCCC1)OCCC1CCCCC1. The molecule has 0 N–H and O–H groups in total. The van der Waals surface area contributed by atoms with Gasteiger partial charge in [-0.1, -0.05) is 51.4 Å². The molecule has 2 fully saturated rings. The van der Waals surface area contributed by atoms with Crippen LogP contribution >= 0.6 is 0 Å². The Bertz CT molecular complexity index is 237. The molecule has 0 spiro atoms. The van der Waals surface area contributed by atoms with Crippen LogP contribution < -0.4 is 0 Å². The van der Waals surface area contributed by atoms with Crippen molar-refractivity contribution < 1.29 is 9.53 Å². The Morgan fingerprint density at radius 2 is 1.39 bits per heavy atom. The van der Waals surface area contributed by atoms with Crippen molar-refractivity contribution in [3.8, 4) is 0 Å². The molecule has 0 heterocycles. The van der Waals surface area contributed by atoms with Crippen LogP contribution in [-0.2, 0) is 9.53 Å². The molecule has 0 aromatic rings. The molecule has 2 rings (SSSR count). The minimum atomic E-state index is 0.0534. The fourth-order valence-electron chi connectivity index (χ4n) is 3.50. The number of carbonyl (C=O) groups excluding carboxylic acids is 1. The third-order valence-electron chi connectivity index (χ3n) is 4.69. The quantitative estimate of drug-likeness (QED) is 0.675. The molecule has 0 unspecified atom stereocenters. The zero-order valence-corrected chi connectivity index (χ0v) is 11.7. The van der Waals surface area contributed by atoms with Crippen molar-refractivity contribution >= 4 is 5.97 Å². The summed E-state index contributed by atoms with van der Waals surface area (Å²) in [5, 5.41) is 0. The third kappa shape index (κ3) is 4.99. The summed E-state index contributed by atoms with van der Waals surface area (Å²) in [5.74, 6) is 1.49. The van der Waals surface area contributed by atoms with Gasteiger partial charge in [-0.05, 0) is 31.1 Å². The molecule has 104 valence electrons. The average Bonchev–Trinajstić information content (AvgIpc) is 2.41. The lowest BCUT2D eigenvalue weighted by Gasteiger charge is -2.22. The molecule has 0 atom stereocenters. The molecule has 2 saturated carbocycles. The molecule has 2 aliphatic carbocycles. The van der Waals surface area contributed by atoms with Crippen molar-refractivity contribution in [1.82, 2.24) is 0 Å². The summed E-state index contributed by atoms with van der Waals surface area (Å²) in [5.41, 5.74) is 0. The molecule has 0 amide bonds. The second kappa shape index (κ2) is 7.81. The Morgan fingerprint density at radius 1 is 0.833 bits per heavy atom. The first-order valence-electron chi connectivity index (χ1n) is 8.00. The molecule has 2 heteroatoms. The van der Waals surface area contributed by atoms with Crippen LogP contribution in [0.15, 0.2) is 0 Å². The standard InChI is InChI=1S/C16H28O2/c17-16(13-15-9-5-2-6-10-15)18-12-11-14-7-3-1-4-8-14/h14-15H,1-13H2. The fraction of sp³-hybridized carbons (Fsp3) is 0.938. The van der Waals surface area contributed by atoms with Crippen LogP contribution in [0.4, 0.5) is 0 Å². The lowest BCUT2D eigenvalue weighted by atomic mass is 9.87. The van der Waals surface area contributed by atoms with Crippen molar-refractivity contribution in [1.29, 1.82) is 0 Å². The summed E-state index contributed by atoms with van der Waals surface area (Å²) in [4.78, 5) is 11.7. The smallest absolute Gasteiger partial charge is 0.306 e. The van der Waals surface area contributed by atoms with Gasteiger partial charge in [0.25, 0.3) is 0 Å². The molecule has 0 radical (unpaired) electrons. The normalized spacial score (nSPS) is 22.9. The molecular weight excluding hydrogens is 224 g/mol. The molecule has 0 aromatic carbocycles. The van der Waals surface area contributed by atoms with E-state index in [0.29, 0.717) is 18.9 Å². The van der Waals surface area contributed by atoms with Crippen molar-refractivity contribution in [3.63, 3.8) is 0 Å². The van der Waals surface area contributed by atoms with E-state index in [1.165, 1.54) is 64.2 Å². The monoisotopic (exact) mass is 252 g/mol. The van der Waals surface area contributed by atoms with Crippen molar-refractivity contribution in [2.75, 3.05) is 6.61 Å². The lowest BCUT2D eigenvalue weighted by Crippen LogP contribution is -2.16. The molecule has 18 heavy (non-hydrogen) atoms. The number of hydrogen-bond donors (Lipinski definition) is 0. The summed E-state index contributed by atoms with van der Waals surface area (Å²) >= 11 is 0. The highest BCUT2D eigenvalue weighted by molar-refractivity contribution is 5.69. The van der Waals surface area contributed by atoms with E-state index in [1.54, 1.807) is 0 Å². The minimum absolute atomic E-state index is 0.0534. The zero-order chi connectivity index (χ0) is 12.6. The maximum atomic E-state index is 11.7. The largest absolute Gasteiger partial charge is 0.466 e. The number of ether oxygens (including phenoxy) is 1. The number of carbonyl (C=O) groups is 1. The molecule has 0 aromatic heterocycles. The fourth-order valence-corrected chi connectivity index (χ4v) is 3.50. The van der Waals surface area contributed by atoms with E-state index >= 15 is 0 Å². The van der Waals surface area contributed by atoms with Gasteiger partial charge in [-0.15, -0.1) is 0 Å². The second-order valence-electron chi connectivity index (χ2n) is 6.22. The first-order chi connectivity index (χ1) is 8.84. The second-order valence-corrected chi connectivity index (χ2v) is 6.22. The number of esters is 1. The van der Waals surface area contributed by atoms with Crippen LogP contribution in [-0.4, -0.2) is 12.6 Å². The van der Waals surface area contributed by atoms with Gasteiger partial charge in [0, 0.05) is 6.42 Å². The highest BCUT2D eigenvalue weighted by Gasteiger charge is 2.18. The number of rotatable bonds is 5. The summed E-state index contributed by atoms with van der Waals surface area (Å²) in [6, 6.07) is 0. The van der Waals surface area contributed by atoms with Gasteiger partial charge in [-0.2, -0.15) is 0 Å². The lowest BCUT2D eigenvalue weighted by molar-refractivity contribution is -0.145. The van der Waals surface area contributed by atoms with Gasteiger partial charge >= 0.3 is 5.97 Å². The zero-order valence-electron chi connectivity index (χ0n) is 11.7. The number of hydrogen-bond acceptors (Lipinski definition) is 2. The van der Waals surface area contributed by atoms with Crippen LogP contribution in [0.3, 0.4) is 0 Å². The summed E-state index contributed by atoms with van der Waals surface area (Å²) in [7, 11) is 0. The van der Waals surface area contributed by atoms with E-state index in [4.69, 9.17) is 4.74 Å². The molecule has 0 saturated heterocycles. The van der Waals surface area contributed by atoms with E-state index in [1.807, 2.05) is 0 Å². The molecule has 0 bridgehead atoms. The van der Waals surface area contributed by atoms with Gasteiger partial charge < -0.3 is 4.74 Å².